The van der Waals surface area contributed by atoms with Crippen LogP contribution in [0.4, 0.5) is 0 Å². The Hall–Kier alpha value is -2.21. The molecule has 0 aromatic heterocycles. The standard InChI is InChI=1S/C37H46O5/c1-33(2)21-41-37(42-22-33)16-15-35-18-24-17-23(26-7-5-6-8-30(26)40-4)9-10-25(24)28-19-34(3)29(11-12-31(34)38)27(32(28)35)13-14-36(35,39)20-37/h5-10,17,27-29,32,39H,11-16,18-22H2,1-4H3/t27-,28?,29-,32?,34-,35-,36+/m0/s1. The van der Waals surface area contributed by atoms with E-state index in [0.717, 1.165) is 61.8 Å². The Morgan fingerprint density at radius 1 is 0.976 bits per heavy atom. The van der Waals surface area contributed by atoms with E-state index < -0.39 is 11.4 Å². The second-order valence-corrected chi connectivity index (χ2v) is 15.8. The van der Waals surface area contributed by atoms with Crippen LogP contribution in [0.25, 0.3) is 11.1 Å². The van der Waals surface area contributed by atoms with Crippen LogP contribution >= 0.6 is 0 Å². The molecule has 7 atom stereocenters. The van der Waals surface area contributed by atoms with Crippen LogP contribution in [0.1, 0.15) is 89.2 Å². The van der Waals surface area contributed by atoms with Crippen molar-refractivity contribution >= 4 is 5.78 Å². The van der Waals surface area contributed by atoms with E-state index in [1.807, 2.05) is 12.1 Å². The summed E-state index contributed by atoms with van der Waals surface area (Å²) in [6, 6.07) is 15.2. The molecule has 1 heterocycles. The zero-order valence-electron chi connectivity index (χ0n) is 25.7. The number of fused-ring (bicyclic) bond motifs is 4. The number of hydrogen-bond acceptors (Lipinski definition) is 5. The largest absolute Gasteiger partial charge is 0.496 e. The zero-order chi connectivity index (χ0) is 29.1. The van der Waals surface area contributed by atoms with Crippen molar-refractivity contribution in [3.8, 4) is 16.9 Å². The number of carbonyl (C=O) groups excluding carboxylic acids is 1. The van der Waals surface area contributed by atoms with Crippen molar-refractivity contribution < 1.29 is 24.1 Å². The van der Waals surface area contributed by atoms with E-state index in [1.54, 1.807) is 7.11 Å². The van der Waals surface area contributed by atoms with Gasteiger partial charge < -0.3 is 19.3 Å². The first-order chi connectivity index (χ1) is 20.0. The molecule has 1 saturated heterocycles. The van der Waals surface area contributed by atoms with Gasteiger partial charge in [-0.05, 0) is 85.0 Å². The van der Waals surface area contributed by atoms with E-state index in [4.69, 9.17) is 14.2 Å². The summed E-state index contributed by atoms with van der Waals surface area (Å²) in [6.45, 7) is 7.98. The molecular weight excluding hydrogens is 524 g/mol. The highest BCUT2D eigenvalue weighted by atomic mass is 16.7. The maximum atomic E-state index is 13.5. The second-order valence-electron chi connectivity index (χ2n) is 15.8. The number of para-hydroxylation sites is 1. The third-order valence-electron chi connectivity index (χ3n) is 13.1. The number of ether oxygens (including phenoxy) is 3. The topological polar surface area (TPSA) is 65.0 Å². The normalized spacial score (nSPS) is 40.9. The highest BCUT2D eigenvalue weighted by Crippen LogP contribution is 2.73. The Balaban J connectivity index is 1.26. The van der Waals surface area contributed by atoms with Gasteiger partial charge in [0.1, 0.15) is 11.5 Å². The summed E-state index contributed by atoms with van der Waals surface area (Å²) in [4.78, 5) is 13.5. The first-order valence-corrected chi connectivity index (χ1v) is 16.3. The van der Waals surface area contributed by atoms with Gasteiger partial charge in [-0.25, -0.2) is 0 Å². The van der Waals surface area contributed by atoms with Crippen molar-refractivity contribution in [3.63, 3.8) is 0 Å². The van der Waals surface area contributed by atoms with Crippen LogP contribution in [-0.2, 0) is 20.7 Å². The SMILES string of the molecule is COc1ccccc1-c1ccc2c(c1)C[C@]13CCC4(C[C@]1(O)CC[C@@H]1C3C2C[C@]2(C)C(=O)CC[C@@H]12)OCC(C)(C)CO4. The third-order valence-corrected chi connectivity index (χ3v) is 13.1. The lowest BCUT2D eigenvalue weighted by Crippen LogP contribution is -2.70. The first-order valence-electron chi connectivity index (χ1n) is 16.3. The molecule has 0 radical (unpaired) electrons. The van der Waals surface area contributed by atoms with Crippen molar-refractivity contribution in [1.82, 2.24) is 0 Å². The lowest BCUT2D eigenvalue weighted by Gasteiger charge is -2.69. The molecule has 0 amide bonds. The van der Waals surface area contributed by atoms with Crippen LogP contribution in [0.15, 0.2) is 42.5 Å². The number of carbonyl (C=O) groups is 1. The molecule has 8 rings (SSSR count). The molecule has 5 heteroatoms. The molecule has 2 aromatic rings. The van der Waals surface area contributed by atoms with Gasteiger partial charge in [0.05, 0.1) is 25.9 Å². The molecular formula is C37H46O5. The predicted octanol–water partition coefficient (Wildman–Crippen LogP) is 7.09. The maximum Gasteiger partial charge on any atom is 0.171 e. The molecule has 0 bridgehead atoms. The van der Waals surface area contributed by atoms with Crippen molar-refractivity contribution in [2.75, 3.05) is 20.3 Å². The van der Waals surface area contributed by atoms with Crippen LogP contribution < -0.4 is 4.74 Å². The molecule has 2 unspecified atom stereocenters. The molecule has 5 aliphatic carbocycles. The van der Waals surface area contributed by atoms with Crippen molar-refractivity contribution in [1.29, 1.82) is 0 Å². The van der Waals surface area contributed by atoms with Gasteiger partial charge in [0, 0.05) is 41.1 Å². The van der Waals surface area contributed by atoms with E-state index in [0.29, 0.717) is 49.6 Å². The van der Waals surface area contributed by atoms with E-state index in [-0.39, 0.29) is 22.2 Å². The van der Waals surface area contributed by atoms with Crippen LogP contribution in [-0.4, -0.2) is 42.6 Å². The molecule has 2 spiro atoms. The zero-order valence-corrected chi connectivity index (χ0v) is 25.7. The minimum absolute atomic E-state index is 0.00668. The average Bonchev–Trinajstić information content (AvgIpc) is 3.28. The monoisotopic (exact) mass is 570 g/mol. The number of rotatable bonds is 2. The summed E-state index contributed by atoms with van der Waals surface area (Å²) in [5.41, 5.74) is 3.63. The number of methoxy groups -OCH3 is 1. The van der Waals surface area contributed by atoms with Crippen LogP contribution in [0.5, 0.6) is 5.75 Å². The Morgan fingerprint density at radius 3 is 2.55 bits per heavy atom. The van der Waals surface area contributed by atoms with Gasteiger partial charge in [-0.3, -0.25) is 4.79 Å². The number of aliphatic hydroxyl groups is 1. The lowest BCUT2D eigenvalue weighted by atomic mass is 9.37. The Bertz CT molecular complexity index is 1440. The Kier molecular flexibility index (Phi) is 5.81. The molecule has 5 fully saturated rings. The maximum absolute atomic E-state index is 13.5. The second kappa shape index (κ2) is 8.92. The van der Waals surface area contributed by atoms with E-state index in [2.05, 4.69) is 51.1 Å². The van der Waals surface area contributed by atoms with Crippen molar-refractivity contribution in [3.05, 3.63) is 53.6 Å². The van der Waals surface area contributed by atoms with E-state index in [1.165, 1.54) is 11.1 Å². The van der Waals surface area contributed by atoms with Gasteiger partial charge in [-0.1, -0.05) is 57.2 Å². The van der Waals surface area contributed by atoms with Gasteiger partial charge in [-0.2, -0.15) is 0 Å². The number of Topliss-reactive ketones (excluding diaryl/α,β-unsaturated/α-hetero) is 1. The summed E-state index contributed by atoms with van der Waals surface area (Å²) in [5.74, 6) is 2.21. The first kappa shape index (κ1) is 27.3. The summed E-state index contributed by atoms with van der Waals surface area (Å²) < 4.78 is 18.8. The molecule has 1 aliphatic heterocycles. The molecule has 4 saturated carbocycles. The molecule has 6 aliphatic rings. The minimum Gasteiger partial charge on any atom is -0.496 e. The van der Waals surface area contributed by atoms with E-state index in [9.17, 15) is 9.90 Å². The number of ketones is 1. The molecule has 1 N–H and O–H groups in total. The third kappa shape index (κ3) is 3.62. The van der Waals surface area contributed by atoms with Gasteiger partial charge in [-0.15, -0.1) is 0 Å². The van der Waals surface area contributed by atoms with Gasteiger partial charge in [0.15, 0.2) is 5.79 Å². The minimum atomic E-state index is -0.860. The lowest BCUT2D eigenvalue weighted by molar-refractivity contribution is -0.357. The summed E-state index contributed by atoms with van der Waals surface area (Å²) in [7, 11) is 1.73. The number of hydrogen-bond donors (Lipinski definition) is 1. The average molecular weight is 571 g/mol. The quantitative estimate of drug-likeness (QED) is 0.418. The molecule has 5 nitrogen and oxygen atoms in total. The van der Waals surface area contributed by atoms with Gasteiger partial charge >= 0.3 is 0 Å². The fourth-order valence-corrected chi connectivity index (χ4v) is 11.1. The van der Waals surface area contributed by atoms with Crippen LogP contribution in [0.3, 0.4) is 0 Å². The smallest absolute Gasteiger partial charge is 0.171 e. The summed E-state index contributed by atoms with van der Waals surface area (Å²) in [6.07, 6.45) is 7.54. The fraction of sp³-hybridized carbons (Fsp3) is 0.649. The fourth-order valence-electron chi connectivity index (χ4n) is 11.1. The summed E-state index contributed by atoms with van der Waals surface area (Å²) in [5, 5.41) is 13.0. The van der Waals surface area contributed by atoms with E-state index >= 15 is 0 Å². The molecule has 2 aromatic carbocycles. The highest BCUT2D eigenvalue weighted by Gasteiger charge is 2.72. The van der Waals surface area contributed by atoms with Gasteiger partial charge in [0.2, 0.25) is 0 Å². The van der Waals surface area contributed by atoms with Gasteiger partial charge in [0.25, 0.3) is 0 Å². The highest BCUT2D eigenvalue weighted by molar-refractivity contribution is 5.87. The Morgan fingerprint density at radius 2 is 1.76 bits per heavy atom. The Labute approximate surface area is 250 Å². The van der Waals surface area contributed by atoms with Crippen molar-refractivity contribution in [2.24, 2.45) is 34.0 Å². The molecule has 224 valence electrons. The molecule has 42 heavy (non-hydrogen) atoms. The van der Waals surface area contributed by atoms with Crippen LogP contribution in [0.2, 0.25) is 0 Å². The van der Waals surface area contributed by atoms with Crippen molar-refractivity contribution in [2.45, 2.75) is 95.9 Å². The predicted molar refractivity (Wildman–Crippen MR) is 161 cm³/mol. The number of benzene rings is 2. The summed E-state index contributed by atoms with van der Waals surface area (Å²) >= 11 is 0. The van der Waals surface area contributed by atoms with Crippen LogP contribution in [0, 0.1) is 34.0 Å².